The Balaban J connectivity index is 0.00000121. The molecule has 102 valence electrons. The predicted octanol–water partition coefficient (Wildman–Crippen LogP) is 3.56. The van der Waals surface area contributed by atoms with Crippen LogP contribution in [0.3, 0.4) is 0 Å². The van der Waals surface area contributed by atoms with Gasteiger partial charge in [0.05, 0.1) is 18.6 Å². The molecule has 0 aromatic rings. The van der Waals surface area contributed by atoms with E-state index < -0.39 is 0 Å². The normalized spacial score (nSPS) is 16.3. The van der Waals surface area contributed by atoms with E-state index >= 15 is 0 Å². The predicted molar refractivity (Wildman–Crippen MR) is 70.0 cm³/mol. The van der Waals surface area contributed by atoms with Crippen LogP contribution in [0.25, 0.3) is 0 Å². The Kier molecular flexibility index (Phi) is 10.2. The summed E-state index contributed by atoms with van der Waals surface area (Å²) in [6, 6.07) is 0. The Labute approximate surface area is 106 Å². The summed E-state index contributed by atoms with van der Waals surface area (Å²) in [5, 5.41) is 0. The van der Waals surface area contributed by atoms with Crippen molar-refractivity contribution in [3.05, 3.63) is 0 Å². The maximum atomic E-state index is 11.6. The van der Waals surface area contributed by atoms with E-state index in [1.165, 1.54) is 19.3 Å². The first-order valence-corrected chi connectivity index (χ1v) is 6.98. The van der Waals surface area contributed by atoms with Gasteiger partial charge in [-0.1, -0.05) is 33.1 Å². The molecule has 1 aliphatic rings. The molecule has 0 aliphatic heterocycles. The lowest BCUT2D eigenvalue weighted by Crippen LogP contribution is -2.22. The highest BCUT2D eigenvalue weighted by atomic mass is 16.6. The van der Waals surface area contributed by atoms with Gasteiger partial charge in [-0.3, -0.25) is 4.79 Å². The van der Waals surface area contributed by atoms with Gasteiger partial charge in [0.1, 0.15) is 6.61 Å². The zero-order chi connectivity index (χ0) is 13.1. The second kappa shape index (κ2) is 10.6. The van der Waals surface area contributed by atoms with Gasteiger partial charge in [-0.2, -0.15) is 0 Å². The number of carbonyl (C=O) groups is 1. The zero-order valence-corrected chi connectivity index (χ0v) is 11.8. The Morgan fingerprint density at radius 3 is 2.24 bits per heavy atom. The molecule has 0 radical (unpaired) electrons. The molecular weight excluding hydrogens is 216 g/mol. The molecule has 1 aliphatic carbocycles. The van der Waals surface area contributed by atoms with Crippen LogP contribution in [0.4, 0.5) is 0 Å². The number of carbonyl (C=O) groups excluding carboxylic acids is 1. The van der Waals surface area contributed by atoms with Crippen molar-refractivity contribution in [3.63, 3.8) is 0 Å². The van der Waals surface area contributed by atoms with Crippen LogP contribution in [-0.2, 0) is 14.3 Å². The lowest BCUT2D eigenvalue weighted by Gasteiger charge is -2.20. The molecule has 1 fully saturated rings. The third-order valence-electron chi connectivity index (χ3n) is 2.72. The summed E-state index contributed by atoms with van der Waals surface area (Å²) in [5.41, 5.74) is 0. The minimum absolute atomic E-state index is 0.0259. The summed E-state index contributed by atoms with van der Waals surface area (Å²) >= 11 is 0. The van der Waals surface area contributed by atoms with Gasteiger partial charge in [-0.25, -0.2) is 0 Å². The summed E-state index contributed by atoms with van der Waals surface area (Å²) in [6.45, 7) is 8.86. The molecule has 0 heterocycles. The third-order valence-corrected chi connectivity index (χ3v) is 2.72. The van der Waals surface area contributed by atoms with E-state index in [2.05, 4.69) is 0 Å². The first-order chi connectivity index (χ1) is 8.20. The summed E-state index contributed by atoms with van der Waals surface area (Å²) < 4.78 is 10.5. The molecule has 0 atom stereocenters. The lowest BCUT2D eigenvalue weighted by molar-refractivity contribution is -0.151. The smallest absolute Gasteiger partial charge is 0.309 e. The van der Waals surface area contributed by atoms with Crippen molar-refractivity contribution in [2.24, 2.45) is 5.92 Å². The summed E-state index contributed by atoms with van der Waals surface area (Å²) in [4.78, 5) is 11.6. The van der Waals surface area contributed by atoms with Crippen LogP contribution >= 0.6 is 0 Å². The highest BCUT2D eigenvalue weighted by molar-refractivity contribution is 5.72. The molecule has 0 N–H and O–H groups in total. The molecule has 0 unspecified atom stereocenters. The number of esters is 1. The minimum atomic E-state index is -0.0259. The van der Waals surface area contributed by atoms with Gasteiger partial charge in [0.2, 0.25) is 0 Å². The fraction of sp³-hybridized carbons (Fsp3) is 0.929. The molecule has 1 saturated carbocycles. The molecule has 0 amide bonds. The van der Waals surface area contributed by atoms with Crippen LogP contribution in [0, 0.1) is 5.92 Å². The maximum absolute atomic E-state index is 11.6. The number of rotatable bonds is 5. The molecule has 1 rings (SSSR count). The van der Waals surface area contributed by atoms with E-state index in [1.54, 1.807) is 0 Å². The minimum Gasteiger partial charge on any atom is -0.463 e. The van der Waals surface area contributed by atoms with E-state index in [-0.39, 0.29) is 18.0 Å². The van der Waals surface area contributed by atoms with Gasteiger partial charge < -0.3 is 9.47 Å². The largest absolute Gasteiger partial charge is 0.463 e. The van der Waals surface area contributed by atoms with Crippen LogP contribution in [0.5, 0.6) is 0 Å². The number of hydrogen-bond acceptors (Lipinski definition) is 3. The van der Waals surface area contributed by atoms with Crippen molar-refractivity contribution in [2.75, 3.05) is 13.2 Å². The van der Waals surface area contributed by atoms with Crippen molar-refractivity contribution >= 4 is 5.97 Å². The van der Waals surface area contributed by atoms with Gasteiger partial charge in [0.15, 0.2) is 0 Å². The van der Waals surface area contributed by atoms with Crippen LogP contribution in [0.1, 0.15) is 59.8 Å². The van der Waals surface area contributed by atoms with Crippen molar-refractivity contribution in [2.45, 2.75) is 65.9 Å². The van der Waals surface area contributed by atoms with Gasteiger partial charge >= 0.3 is 5.97 Å². The molecular formula is C14H28O3. The number of hydrogen-bond donors (Lipinski definition) is 0. The van der Waals surface area contributed by atoms with Crippen LogP contribution in [0.15, 0.2) is 0 Å². The first kappa shape index (κ1) is 16.4. The quantitative estimate of drug-likeness (QED) is 0.548. The Morgan fingerprint density at radius 2 is 1.71 bits per heavy atom. The van der Waals surface area contributed by atoms with Crippen molar-refractivity contribution in [3.8, 4) is 0 Å². The molecule has 0 bridgehead atoms. The summed E-state index contributed by atoms with van der Waals surface area (Å²) in [5.74, 6) is 0.125. The summed E-state index contributed by atoms with van der Waals surface area (Å²) in [6.07, 6.45) is 5.82. The standard InChI is InChI=1S/C12H22O3.C2H6/c1-10(2)14-8-9-15-12(13)11-6-4-3-5-7-11;1-2/h10-11H,3-9H2,1-2H3;1-2H3. The lowest BCUT2D eigenvalue weighted by atomic mass is 9.89. The molecule has 3 heteroatoms. The molecule has 17 heavy (non-hydrogen) atoms. The van der Waals surface area contributed by atoms with Gasteiger partial charge in [-0.15, -0.1) is 0 Å². The fourth-order valence-electron chi connectivity index (χ4n) is 1.88. The topological polar surface area (TPSA) is 35.5 Å². The van der Waals surface area contributed by atoms with Crippen LogP contribution < -0.4 is 0 Å². The third kappa shape index (κ3) is 8.19. The van der Waals surface area contributed by atoms with E-state index in [1.807, 2.05) is 27.7 Å². The van der Waals surface area contributed by atoms with Crippen molar-refractivity contribution in [1.82, 2.24) is 0 Å². The Morgan fingerprint density at radius 1 is 1.12 bits per heavy atom. The summed E-state index contributed by atoms with van der Waals surface area (Å²) in [7, 11) is 0. The average molecular weight is 244 g/mol. The Bertz CT molecular complexity index is 184. The van der Waals surface area contributed by atoms with Gasteiger partial charge in [-0.05, 0) is 26.7 Å². The van der Waals surface area contributed by atoms with Crippen LogP contribution in [-0.4, -0.2) is 25.3 Å². The number of ether oxygens (including phenoxy) is 2. The van der Waals surface area contributed by atoms with Crippen molar-refractivity contribution < 1.29 is 14.3 Å². The highest BCUT2D eigenvalue weighted by Gasteiger charge is 2.22. The van der Waals surface area contributed by atoms with E-state index in [9.17, 15) is 4.79 Å². The zero-order valence-electron chi connectivity index (χ0n) is 11.8. The van der Waals surface area contributed by atoms with E-state index in [4.69, 9.17) is 9.47 Å². The first-order valence-electron chi connectivity index (χ1n) is 6.98. The second-order valence-corrected chi connectivity index (χ2v) is 4.42. The average Bonchev–Trinajstić information content (AvgIpc) is 2.37. The fourth-order valence-corrected chi connectivity index (χ4v) is 1.88. The van der Waals surface area contributed by atoms with E-state index in [0.29, 0.717) is 13.2 Å². The maximum Gasteiger partial charge on any atom is 0.309 e. The van der Waals surface area contributed by atoms with Crippen molar-refractivity contribution in [1.29, 1.82) is 0 Å². The van der Waals surface area contributed by atoms with Gasteiger partial charge in [0.25, 0.3) is 0 Å². The highest BCUT2D eigenvalue weighted by Crippen LogP contribution is 2.24. The van der Waals surface area contributed by atoms with Gasteiger partial charge in [0, 0.05) is 0 Å². The van der Waals surface area contributed by atoms with Crippen LogP contribution in [0.2, 0.25) is 0 Å². The molecule has 0 spiro atoms. The molecule has 0 saturated heterocycles. The second-order valence-electron chi connectivity index (χ2n) is 4.42. The SMILES string of the molecule is CC.CC(C)OCCOC(=O)C1CCCCC1. The van der Waals surface area contributed by atoms with E-state index in [0.717, 1.165) is 12.8 Å². The monoisotopic (exact) mass is 244 g/mol. The molecule has 3 nitrogen and oxygen atoms in total. The Hall–Kier alpha value is -0.570. The molecule has 0 aromatic heterocycles. The molecule has 0 aromatic carbocycles.